The molecule has 2 aromatic heterocycles. The predicted octanol–water partition coefficient (Wildman–Crippen LogP) is 5.64. The number of ether oxygens (including phenoxy) is 2. The molecule has 6 nitrogen and oxygen atoms in total. The number of aromatic hydroxyl groups is 1. The lowest BCUT2D eigenvalue weighted by molar-refractivity contribution is 0.371. The number of fused-ring (bicyclic) bond motifs is 1. The van der Waals surface area contributed by atoms with Gasteiger partial charge in [-0.25, -0.2) is 9.97 Å². The second kappa shape index (κ2) is 8.20. The third-order valence-corrected chi connectivity index (χ3v) is 5.51. The van der Waals surface area contributed by atoms with Gasteiger partial charge in [-0.05, 0) is 24.3 Å². The Morgan fingerprint density at radius 2 is 2.00 bits per heavy atom. The van der Waals surface area contributed by atoms with Crippen molar-refractivity contribution < 1.29 is 14.6 Å². The van der Waals surface area contributed by atoms with E-state index in [0.29, 0.717) is 27.4 Å². The fourth-order valence-corrected chi connectivity index (χ4v) is 3.98. The molecule has 2 N–H and O–H groups in total. The Kier molecular flexibility index (Phi) is 5.48. The Balaban J connectivity index is 1.56. The number of benzene rings is 2. The van der Waals surface area contributed by atoms with Crippen LogP contribution in [-0.2, 0) is 0 Å². The van der Waals surface area contributed by atoms with Crippen molar-refractivity contribution in [2.24, 2.45) is 0 Å². The Hall–Kier alpha value is -2.94. The number of hydrogen-bond donors (Lipinski definition) is 2. The van der Waals surface area contributed by atoms with Gasteiger partial charge >= 0.3 is 0 Å². The lowest BCUT2D eigenvalue weighted by atomic mass is 10.3. The topological polar surface area (TPSA) is 76.5 Å². The summed E-state index contributed by atoms with van der Waals surface area (Å²) >= 11 is 12.9. The first kappa shape index (κ1) is 19.4. The predicted molar refractivity (Wildman–Crippen MR) is 119 cm³/mol. The molecule has 0 amide bonds. The summed E-state index contributed by atoms with van der Waals surface area (Å²) in [7, 11) is 1.46. The number of nitrogens with one attached hydrogen (secondary N) is 1. The van der Waals surface area contributed by atoms with E-state index in [2.05, 4.69) is 15.3 Å². The highest BCUT2D eigenvalue weighted by Crippen LogP contribution is 2.34. The fourth-order valence-electron chi connectivity index (χ4n) is 2.60. The number of aromatic nitrogens is 2. The first-order valence-electron chi connectivity index (χ1n) is 8.41. The van der Waals surface area contributed by atoms with Crippen molar-refractivity contribution in [2.45, 2.75) is 0 Å². The summed E-state index contributed by atoms with van der Waals surface area (Å²) in [6.45, 7) is 0. The van der Waals surface area contributed by atoms with E-state index >= 15 is 0 Å². The molecule has 0 radical (unpaired) electrons. The minimum Gasteiger partial charge on any atom is -0.503 e. The summed E-state index contributed by atoms with van der Waals surface area (Å²) in [5.74, 6) is 1.40. The van der Waals surface area contributed by atoms with E-state index in [0.717, 1.165) is 10.2 Å². The lowest BCUT2D eigenvalue weighted by Crippen LogP contribution is -2.12. The molecular weight excluding hydrogens is 430 g/mol. The number of thiocarbonyl (C=S) groups is 1. The number of rotatable bonds is 5. The quantitative estimate of drug-likeness (QED) is 0.386. The molecule has 4 aromatic rings. The second-order valence-electron chi connectivity index (χ2n) is 5.85. The summed E-state index contributed by atoms with van der Waals surface area (Å²) in [5.41, 5.74) is 1.01. The zero-order valence-electron chi connectivity index (χ0n) is 15.0. The molecule has 2 heterocycles. The normalized spacial score (nSPS) is 10.7. The minimum absolute atomic E-state index is 0.121. The van der Waals surface area contributed by atoms with Crippen molar-refractivity contribution in [2.75, 3.05) is 12.4 Å². The molecule has 0 aliphatic heterocycles. The molecule has 0 fully saturated rings. The molecular formula is C20H14ClN3O3S2. The van der Waals surface area contributed by atoms with Crippen LogP contribution in [0.2, 0.25) is 5.02 Å². The van der Waals surface area contributed by atoms with Crippen molar-refractivity contribution in [1.82, 2.24) is 9.97 Å². The van der Waals surface area contributed by atoms with Gasteiger partial charge in [0.25, 0.3) is 0 Å². The number of methoxy groups -OCH3 is 1. The molecule has 0 spiro atoms. The van der Waals surface area contributed by atoms with Gasteiger partial charge in [0.2, 0.25) is 0 Å². The minimum atomic E-state index is -0.121. The third-order valence-electron chi connectivity index (χ3n) is 3.97. The van der Waals surface area contributed by atoms with Gasteiger partial charge < -0.3 is 19.9 Å². The molecule has 2 aromatic carbocycles. The van der Waals surface area contributed by atoms with Gasteiger partial charge in [-0.2, -0.15) is 0 Å². The van der Waals surface area contributed by atoms with E-state index in [9.17, 15) is 5.11 Å². The van der Waals surface area contributed by atoms with Crippen LogP contribution in [0.4, 0.5) is 5.13 Å². The zero-order chi connectivity index (χ0) is 20.4. The number of para-hydroxylation sites is 1. The van der Waals surface area contributed by atoms with Crippen molar-refractivity contribution >= 4 is 55.5 Å². The molecule has 0 aliphatic carbocycles. The van der Waals surface area contributed by atoms with Crippen LogP contribution in [0.5, 0.6) is 23.0 Å². The maximum Gasteiger partial charge on any atom is 0.188 e. The average molecular weight is 444 g/mol. The first-order chi connectivity index (χ1) is 14.0. The first-order valence-corrected chi connectivity index (χ1v) is 10.0. The number of halogens is 1. The van der Waals surface area contributed by atoms with E-state index in [1.165, 1.54) is 24.6 Å². The Morgan fingerprint density at radius 3 is 2.79 bits per heavy atom. The lowest BCUT2D eigenvalue weighted by Gasteiger charge is -2.08. The molecule has 0 atom stereocenters. The van der Waals surface area contributed by atoms with Gasteiger partial charge in [0.05, 0.1) is 22.3 Å². The number of pyridine rings is 1. The molecule has 9 heteroatoms. The Morgan fingerprint density at radius 1 is 1.17 bits per heavy atom. The van der Waals surface area contributed by atoms with E-state index in [4.69, 9.17) is 33.3 Å². The van der Waals surface area contributed by atoms with Gasteiger partial charge in [-0.15, -0.1) is 0 Å². The van der Waals surface area contributed by atoms with Crippen molar-refractivity contribution in [3.05, 3.63) is 65.4 Å². The summed E-state index contributed by atoms with van der Waals surface area (Å²) in [5, 5.41) is 14.3. The maximum atomic E-state index is 10.2. The van der Waals surface area contributed by atoms with Gasteiger partial charge in [-0.1, -0.05) is 47.3 Å². The number of nitrogens with zero attached hydrogens (tertiary/aromatic N) is 2. The second-order valence-corrected chi connectivity index (χ2v) is 7.69. The van der Waals surface area contributed by atoms with Crippen molar-refractivity contribution in [1.29, 1.82) is 0 Å². The smallest absolute Gasteiger partial charge is 0.188 e. The molecule has 146 valence electrons. The van der Waals surface area contributed by atoms with Crippen LogP contribution in [0.15, 0.2) is 54.7 Å². The van der Waals surface area contributed by atoms with Crippen molar-refractivity contribution in [3.8, 4) is 23.0 Å². The molecule has 0 bridgehead atoms. The van der Waals surface area contributed by atoms with Gasteiger partial charge in [0.15, 0.2) is 16.6 Å². The number of thiazole rings is 1. The van der Waals surface area contributed by atoms with E-state index in [1.54, 1.807) is 18.2 Å². The van der Waals surface area contributed by atoms with Crippen LogP contribution in [0.3, 0.4) is 0 Å². The van der Waals surface area contributed by atoms with Gasteiger partial charge in [0.1, 0.15) is 22.2 Å². The molecule has 0 saturated carbocycles. The van der Waals surface area contributed by atoms with Crippen LogP contribution in [0.25, 0.3) is 10.2 Å². The summed E-state index contributed by atoms with van der Waals surface area (Å²) in [6, 6.07) is 14.4. The molecule has 0 saturated heterocycles. The standard InChI is InChI=1S/C20H14ClN3O3S2/c1-26-15-8-9-22-17(18(15)25)19(28)24-20-23-13-7-6-11(10-16(13)29-20)27-14-5-3-2-4-12(14)21/h2-10,25H,1H3,(H,23,24,28). The van der Waals surface area contributed by atoms with Crippen LogP contribution in [0, 0.1) is 0 Å². The Bertz CT molecular complexity index is 1210. The van der Waals surface area contributed by atoms with E-state index in [-0.39, 0.29) is 16.4 Å². The van der Waals surface area contributed by atoms with Crippen LogP contribution < -0.4 is 14.8 Å². The largest absolute Gasteiger partial charge is 0.503 e. The third kappa shape index (κ3) is 4.09. The summed E-state index contributed by atoms with van der Waals surface area (Å²) < 4.78 is 11.9. The molecule has 29 heavy (non-hydrogen) atoms. The van der Waals surface area contributed by atoms with Crippen LogP contribution >= 0.6 is 35.2 Å². The average Bonchev–Trinajstić information content (AvgIpc) is 3.11. The fraction of sp³-hybridized carbons (Fsp3) is 0.0500. The number of hydrogen-bond acceptors (Lipinski definition) is 7. The van der Waals surface area contributed by atoms with Crippen LogP contribution in [-0.4, -0.2) is 27.2 Å². The zero-order valence-corrected chi connectivity index (χ0v) is 17.4. The summed E-state index contributed by atoms with van der Waals surface area (Å²) in [4.78, 5) is 8.87. The molecule has 0 aliphatic rings. The van der Waals surface area contributed by atoms with E-state index in [1.807, 2.05) is 30.3 Å². The Labute approximate surface area is 180 Å². The highest BCUT2D eigenvalue weighted by molar-refractivity contribution is 7.81. The summed E-state index contributed by atoms with van der Waals surface area (Å²) in [6.07, 6.45) is 1.51. The highest BCUT2D eigenvalue weighted by atomic mass is 35.5. The monoisotopic (exact) mass is 443 g/mol. The number of anilines is 1. The molecule has 4 rings (SSSR count). The maximum absolute atomic E-state index is 10.2. The van der Waals surface area contributed by atoms with Gasteiger partial charge in [0, 0.05) is 18.3 Å². The molecule has 0 unspecified atom stereocenters. The SMILES string of the molecule is COc1ccnc(C(=S)Nc2nc3ccc(Oc4ccccc4Cl)cc3s2)c1O. The van der Waals surface area contributed by atoms with Crippen LogP contribution in [0.1, 0.15) is 5.69 Å². The van der Waals surface area contributed by atoms with E-state index < -0.39 is 0 Å². The highest BCUT2D eigenvalue weighted by Gasteiger charge is 2.15. The van der Waals surface area contributed by atoms with Gasteiger partial charge in [-0.3, -0.25) is 0 Å². The van der Waals surface area contributed by atoms with Crippen molar-refractivity contribution in [3.63, 3.8) is 0 Å².